The Morgan fingerprint density at radius 3 is 1.67 bits per heavy atom. The summed E-state index contributed by atoms with van der Waals surface area (Å²) in [6.07, 6.45) is -0.407. The molecule has 0 spiro atoms. The highest BCUT2D eigenvalue weighted by molar-refractivity contribution is 5.66. The molecule has 0 aliphatic carbocycles. The molecule has 56 valence electrons. The van der Waals surface area contributed by atoms with Crippen LogP contribution in [0.2, 0.25) is 0 Å². The van der Waals surface area contributed by atoms with Crippen molar-refractivity contribution in [2.24, 2.45) is 0 Å². The van der Waals surface area contributed by atoms with E-state index in [0.717, 1.165) is 0 Å². The fraction of sp³-hybridized carbons (Fsp3) is 0.800. The van der Waals surface area contributed by atoms with Gasteiger partial charge in [0.15, 0.2) is 0 Å². The molecule has 0 unspecified atom stereocenters. The van der Waals surface area contributed by atoms with E-state index in [1.165, 1.54) is 14.2 Å². The number of hydrogen-bond donors (Lipinski definition) is 1. The SMILES string of the molecule is CNC(=O)OC.COC. The summed E-state index contributed by atoms with van der Waals surface area (Å²) >= 11 is 0. The number of carbonyl (C=O) groups is 1. The van der Waals surface area contributed by atoms with E-state index >= 15 is 0 Å². The molecule has 0 saturated heterocycles. The van der Waals surface area contributed by atoms with Gasteiger partial charge in [0.25, 0.3) is 0 Å². The van der Waals surface area contributed by atoms with E-state index in [1.807, 2.05) is 0 Å². The number of amides is 1. The average molecular weight is 135 g/mol. The van der Waals surface area contributed by atoms with Gasteiger partial charge in [-0.1, -0.05) is 0 Å². The minimum Gasteiger partial charge on any atom is -0.453 e. The van der Waals surface area contributed by atoms with Crippen molar-refractivity contribution < 1.29 is 14.3 Å². The molecule has 0 aliphatic rings. The van der Waals surface area contributed by atoms with Gasteiger partial charge in [0.1, 0.15) is 0 Å². The number of ether oxygens (including phenoxy) is 2. The van der Waals surface area contributed by atoms with Gasteiger partial charge in [0, 0.05) is 21.3 Å². The van der Waals surface area contributed by atoms with Gasteiger partial charge in [0.05, 0.1) is 7.11 Å². The van der Waals surface area contributed by atoms with Crippen LogP contribution in [-0.4, -0.2) is 34.5 Å². The van der Waals surface area contributed by atoms with Crippen molar-refractivity contribution >= 4 is 6.09 Å². The lowest BCUT2D eigenvalue weighted by atomic mass is 11.1. The fourth-order valence-electron chi connectivity index (χ4n) is 0.102. The third-order valence-corrected chi connectivity index (χ3v) is 0.390. The highest BCUT2D eigenvalue weighted by Gasteiger charge is 1.85. The molecule has 0 aromatic carbocycles. The summed E-state index contributed by atoms with van der Waals surface area (Å²) in [5.41, 5.74) is 0. The quantitative estimate of drug-likeness (QED) is 0.517. The predicted molar refractivity (Wildman–Crippen MR) is 34.4 cm³/mol. The second kappa shape index (κ2) is 10.3. The maximum Gasteiger partial charge on any atom is 0.406 e. The summed E-state index contributed by atoms with van der Waals surface area (Å²) in [7, 11) is 6.07. The topological polar surface area (TPSA) is 47.6 Å². The van der Waals surface area contributed by atoms with Crippen molar-refractivity contribution in [3.8, 4) is 0 Å². The van der Waals surface area contributed by atoms with Gasteiger partial charge >= 0.3 is 6.09 Å². The van der Waals surface area contributed by atoms with Crippen LogP contribution < -0.4 is 5.32 Å². The fourth-order valence-corrected chi connectivity index (χ4v) is 0.102. The lowest BCUT2D eigenvalue weighted by Gasteiger charge is -1.90. The lowest BCUT2D eigenvalue weighted by Crippen LogP contribution is -2.16. The molecule has 0 aromatic rings. The number of rotatable bonds is 0. The van der Waals surface area contributed by atoms with Gasteiger partial charge in [-0.2, -0.15) is 0 Å². The molecule has 0 saturated carbocycles. The van der Waals surface area contributed by atoms with E-state index in [4.69, 9.17) is 0 Å². The zero-order chi connectivity index (χ0) is 7.70. The van der Waals surface area contributed by atoms with E-state index in [9.17, 15) is 4.79 Å². The summed E-state index contributed by atoms with van der Waals surface area (Å²) in [5.74, 6) is 0. The first-order valence-corrected chi connectivity index (χ1v) is 2.38. The Balaban J connectivity index is 0. The molecule has 0 atom stereocenters. The average Bonchev–Trinajstić information content (AvgIpc) is 1.88. The standard InChI is InChI=1S/C3H7NO2.C2H6O/c1-4-3(5)6-2;1-3-2/h1-2H3,(H,4,5);1-2H3. The smallest absolute Gasteiger partial charge is 0.406 e. The first-order valence-electron chi connectivity index (χ1n) is 2.38. The van der Waals surface area contributed by atoms with Crippen LogP contribution in [0.3, 0.4) is 0 Å². The minimum atomic E-state index is -0.407. The van der Waals surface area contributed by atoms with E-state index < -0.39 is 6.09 Å². The van der Waals surface area contributed by atoms with Crippen molar-refractivity contribution in [2.45, 2.75) is 0 Å². The molecule has 0 fully saturated rings. The van der Waals surface area contributed by atoms with E-state index in [-0.39, 0.29) is 0 Å². The Labute approximate surface area is 55.1 Å². The monoisotopic (exact) mass is 135 g/mol. The first kappa shape index (κ1) is 11.1. The maximum absolute atomic E-state index is 9.85. The van der Waals surface area contributed by atoms with Gasteiger partial charge in [-0.25, -0.2) is 4.79 Å². The Morgan fingerprint density at radius 1 is 1.33 bits per heavy atom. The highest BCUT2D eigenvalue weighted by atomic mass is 16.5. The van der Waals surface area contributed by atoms with Gasteiger partial charge in [0.2, 0.25) is 0 Å². The molecule has 9 heavy (non-hydrogen) atoms. The summed E-state index contributed by atoms with van der Waals surface area (Å²) in [6, 6.07) is 0. The summed E-state index contributed by atoms with van der Waals surface area (Å²) in [4.78, 5) is 9.85. The Bertz CT molecular complexity index is 59.2. The third-order valence-electron chi connectivity index (χ3n) is 0.390. The molecule has 0 aliphatic heterocycles. The molecule has 0 rings (SSSR count). The van der Waals surface area contributed by atoms with Crippen molar-refractivity contribution in [1.82, 2.24) is 5.32 Å². The van der Waals surface area contributed by atoms with Gasteiger partial charge in [-0.15, -0.1) is 0 Å². The number of alkyl carbamates (subject to hydrolysis) is 1. The van der Waals surface area contributed by atoms with Crippen molar-refractivity contribution in [3.05, 3.63) is 0 Å². The second-order valence-corrected chi connectivity index (χ2v) is 1.15. The van der Waals surface area contributed by atoms with Crippen LogP contribution in [0.5, 0.6) is 0 Å². The molecule has 0 bridgehead atoms. The van der Waals surface area contributed by atoms with Crippen LogP contribution in [0.1, 0.15) is 0 Å². The van der Waals surface area contributed by atoms with Gasteiger partial charge < -0.3 is 14.8 Å². The lowest BCUT2D eigenvalue weighted by molar-refractivity contribution is 0.173. The second-order valence-electron chi connectivity index (χ2n) is 1.15. The third kappa shape index (κ3) is 19.0. The molecule has 4 nitrogen and oxygen atoms in total. The molecule has 0 radical (unpaired) electrons. The number of methoxy groups -OCH3 is 2. The zero-order valence-electron chi connectivity index (χ0n) is 6.22. The molecular formula is C5H13NO3. The molecule has 1 amide bonds. The van der Waals surface area contributed by atoms with E-state index in [0.29, 0.717) is 0 Å². The van der Waals surface area contributed by atoms with Crippen LogP contribution in [-0.2, 0) is 9.47 Å². The van der Waals surface area contributed by atoms with Gasteiger partial charge in [-0.3, -0.25) is 0 Å². The highest BCUT2D eigenvalue weighted by Crippen LogP contribution is 1.62. The van der Waals surface area contributed by atoms with E-state index in [1.54, 1.807) is 14.2 Å². The van der Waals surface area contributed by atoms with Crippen LogP contribution in [0.4, 0.5) is 4.79 Å². The predicted octanol–water partition coefficient (Wildman–Crippen LogP) is 0.235. The number of hydrogen-bond acceptors (Lipinski definition) is 3. The molecule has 0 heterocycles. The summed E-state index contributed by atoms with van der Waals surface area (Å²) in [5, 5.41) is 2.25. The molecular weight excluding hydrogens is 122 g/mol. The van der Waals surface area contributed by atoms with Crippen molar-refractivity contribution in [2.75, 3.05) is 28.4 Å². The van der Waals surface area contributed by atoms with Crippen LogP contribution in [0.15, 0.2) is 0 Å². The Kier molecular flexibility index (Phi) is 12.6. The van der Waals surface area contributed by atoms with E-state index in [2.05, 4.69) is 14.8 Å². The number of carbonyl (C=O) groups excluding carboxylic acids is 1. The van der Waals surface area contributed by atoms with Crippen LogP contribution in [0.25, 0.3) is 0 Å². The minimum absolute atomic E-state index is 0.407. The van der Waals surface area contributed by atoms with Crippen LogP contribution in [0, 0.1) is 0 Å². The van der Waals surface area contributed by atoms with Crippen molar-refractivity contribution in [3.63, 3.8) is 0 Å². The molecule has 1 N–H and O–H groups in total. The van der Waals surface area contributed by atoms with Crippen LogP contribution >= 0.6 is 0 Å². The number of nitrogens with one attached hydrogen (secondary N) is 1. The van der Waals surface area contributed by atoms with Crippen molar-refractivity contribution in [1.29, 1.82) is 0 Å². The Morgan fingerprint density at radius 2 is 1.67 bits per heavy atom. The maximum atomic E-state index is 9.85. The Hall–Kier alpha value is -0.770. The first-order chi connectivity index (χ1) is 4.22. The zero-order valence-corrected chi connectivity index (χ0v) is 6.22. The largest absolute Gasteiger partial charge is 0.453 e. The molecule has 0 aromatic heterocycles. The van der Waals surface area contributed by atoms with Gasteiger partial charge in [-0.05, 0) is 0 Å². The summed E-state index contributed by atoms with van der Waals surface area (Å²) in [6.45, 7) is 0. The normalized spacial score (nSPS) is 6.67. The molecule has 4 heteroatoms. The summed E-state index contributed by atoms with van der Waals surface area (Å²) < 4.78 is 8.40.